The lowest BCUT2D eigenvalue weighted by atomic mass is 10.1. The van der Waals surface area contributed by atoms with Crippen LogP contribution in [0.3, 0.4) is 0 Å². The van der Waals surface area contributed by atoms with Crippen LogP contribution in [0, 0.1) is 6.92 Å². The Morgan fingerprint density at radius 3 is 2.64 bits per heavy atom. The Kier molecular flexibility index (Phi) is 3.62. The maximum Gasteiger partial charge on any atom is 0.326 e. The highest BCUT2D eigenvalue weighted by Gasteiger charge is 2.34. The van der Waals surface area contributed by atoms with Gasteiger partial charge in [-0.25, -0.2) is 4.79 Å². The second-order valence-electron chi connectivity index (χ2n) is 5.22. The molecule has 0 saturated carbocycles. The van der Waals surface area contributed by atoms with Gasteiger partial charge >= 0.3 is 5.97 Å². The molecule has 22 heavy (non-hydrogen) atoms. The minimum atomic E-state index is -0.955. The molecule has 0 bridgehead atoms. The molecule has 1 fully saturated rings. The van der Waals surface area contributed by atoms with Gasteiger partial charge in [0, 0.05) is 17.7 Å². The molecule has 1 saturated heterocycles. The number of carbonyl (C=O) groups is 2. The summed E-state index contributed by atoms with van der Waals surface area (Å²) in [5, 5.41) is 12.9. The van der Waals surface area contributed by atoms with Crippen LogP contribution >= 0.6 is 0 Å². The van der Waals surface area contributed by atoms with E-state index in [1.165, 1.54) is 4.90 Å². The average molecular weight is 301 g/mol. The van der Waals surface area contributed by atoms with Gasteiger partial charge in [-0.15, -0.1) is 0 Å². The molecule has 7 nitrogen and oxygen atoms in total. The van der Waals surface area contributed by atoms with E-state index in [9.17, 15) is 9.59 Å². The van der Waals surface area contributed by atoms with E-state index in [0.29, 0.717) is 42.2 Å². The summed E-state index contributed by atoms with van der Waals surface area (Å²) in [6.45, 7) is 2.20. The first-order valence-electron chi connectivity index (χ1n) is 7.01. The normalized spacial score (nSPS) is 17.7. The van der Waals surface area contributed by atoms with Gasteiger partial charge in [0.2, 0.25) is 0 Å². The SMILES string of the molecule is Cc1noc(-c2ccc(C(=O)N3CCCC3C(=O)O)cc2)n1. The monoisotopic (exact) mass is 301 g/mol. The number of hydrogen-bond donors (Lipinski definition) is 1. The number of amides is 1. The number of aliphatic carboxylic acids is 1. The quantitative estimate of drug-likeness (QED) is 0.927. The number of aryl methyl sites for hydroxylation is 1. The molecule has 2 heterocycles. The van der Waals surface area contributed by atoms with E-state index in [2.05, 4.69) is 10.1 Å². The summed E-state index contributed by atoms with van der Waals surface area (Å²) in [5.41, 5.74) is 1.17. The number of carbonyl (C=O) groups excluding carboxylic acids is 1. The van der Waals surface area contributed by atoms with Crippen molar-refractivity contribution < 1.29 is 19.2 Å². The summed E-state index contributed by atoms with van der Waals surface area (Å²) in [4.78, 5) is 29.1. The molecular formula is C15H15N3O4. The van der Waals surface area contributed by atoms with Crippen LogP contribution in [0.1, 0.15) is 29.0 Å². The fourth-order valence-corrected chi connectivity index (χ4v) is 2.60. The molecule has 1 aliphatic heterocycles. The first kappa shape index (κ1) is 14.2. The van der Waals surface area contributed by atoms with Gasteiger partial charge in [-0.2, -0.15) is 4.98 Å². The summed E-state index contributed by atoms with van der Waals surface area (Å²) in [7, 11) is 0. The van der Waals surface area contributed by atoms with Gasteiger partial charge < -0.3 is 14.5 Å². The van der Waals surface area contributed by atoms with E-state index in [4.69, 9.17) is 9.63 Å². The number of likely N-dealkylation sites (tertiary alicyclic amines) is 1. The maximum atomic E-state index is 12.4. The Labute approximate surface area is 126 Å². The van der Waals surface area contributed by atoms with Crippen molar-refractivity contribution in [3.05, 3.63) is 35.7 Å². The number of carboxylic acids is 1. The van der Waals surface area contributed by atoms with Crippen LogP contribution in [0.25, 0.3) is 11.5 Å². The lowest BCUT2D eigenvalue weighted by molar-refractivity contribution is -0.141. The van der Waals surface area contributed by atoms with Crippen LogP contribution in [-0.2, 0) is 4.79 Å². The molecule has 1 aromatic carbocycles. The summed E-state index contributed by atoms with van der Waals surface area (Å²) >= 11 is 0. The number of rotatable bonds is 3. The highest BCUT2D eigenvalue weighted by Crippen LogP contribution is 2.22. The summed E-state index contributed by atoms with van der Waals surface area (Å²) in [6.07, 6.45) is 1.21. The zero-order chi connectivity index (χ0) is 15.7. The number of hydrogen-bond acceptors (Lipinski definition) is 5. The Hall–Kier alpha value is -2.70. The van der Waals surface area contributed by atoms with E-state index in [-0.39, 0.29) is 5.91 Å². The van der Waals surface area contributed by atoms with Gasteiger partial charge in [-0.3, -0.25) is 4.79 Å². The predicted molar refractivity (Wildman–Crippen MR) is 76.2 cm³/mol. The fourth-order valence-electron chi connectivity index (χ4n) is 2.60. The van der Waals surface area contributed by atoms with Crippen molar-refractivity contribution in [1.82, 2.24) is 15.0 Å². The molecule has 1 atom stereocenters. The third-order valence-electron chi connectivity index (χ3n) is 3.71. The lowest BCUT2D eigenvalue weighted by Gasteiger charge is -2.21. The highest BCUT2D eigenvalue weighted by molar-refractivity contribution is 5.97. The van der Waals surface area contributed by atoms with Gasteiger partial charge in [-0.05, 0) is 44.0 Å². The lowest BCUT2D eigenvalue weighted by Crippen LogP contribution is -2.40. The molecule has 0 radical (unpaired) electrons. The first-order valence-corrected chi connectivity index (χ1v) is 7.01. The Balaban J connectivity index is 1.80. The van der Waals surface area contributed by atoms with Crippen molar-refractivity contribution in [1.29, 1.82) is 0 Å². The maximum absolute atomic E-state index is 12.4. The predicted octanol–water partition coefficient (Wildman–Crippen LogP) is 1.73. The molecule has 0 aliphatic carbocycles. The van der Waals surface area contributed by atoms with Crippen LogP contribution in [0.15, 0.2) is 28.8 Å². The van der Waals surface area contributed by atoms with Crippen molar-refractivity contribution in [2.24, 2.45) is 0 Å². The number of benzene rings is 1. The number of nitrogens with zero attached hydrogens (tertiary/aromatic N) is 3. The van der Waals surface area contributed by atoms with Gasteiger partial charge in [0.15, 0.2) is 5.82 Å². The fraction of sp³-hybridized carbons (Fsp3) is 0.333. The minimum absolute atomic E-state index is 0.266. The molecule has 114 valence electrons. The topological polar surface area (TPSA) is 96.5 Å². The Morgan fingerprint density at radius 2 is 2.05 bits per heavy atom. The molecule has 1 aliphatic rings. The van der Waals surface area contributed by atoms with Crippen LogP contribution in [0.5, 0.6) is 0 Å². The molecular weight excluding hydrogens is 286 g/mol. The molecule has 1 amide bonds. The van der Waals surface area contributed by atoms with E-state index >= 15 is 0 Å². The van der Waals surface area contributed by atoms with Gasteiger partial charge in [-0.1, -0.05) is 5.16 Å². The van der Waals surface area contributed by atoms with Gasteiger partial charge in [0.1, 0.15) is 6.04 Å². The first-order chi connectivity index (χ1) is 10.6. The van der Waals surface area contributed by atoms with Crippen molar-refractivity contribution in [2.75, 3.05) is 6.54 Å². The zero-order valence-electron chi connectivity index (χ0n) is 12.0. The van der Waals surface area contributed by atoms with Crippen LogP contribution in [0.4, 0.5) is 0 Å². The third-order valence-corrected chi connectivity index (χ3v) is 3.71. The van der Waals surface area contributed by atoms with Crippen molar-refractivity contribution in [3.8, 4) is 11.5 Å². The standard InChI is InChI=1S/C15H15N3O4/c1-9-16-13(22-17-9)10-4-6-11(7-5-10)14(19)18-8-2-3-12(18)15(20)21/h4-7,12H,2-3,8H2,1H3,(H,20,21). The van der Waals surface area contributed by atoms with Gasteiger partial charge in [0.25, 0.3) is 11.8 Å². The smallest absolute Gasteiger partial charge is 0.326 e. The average Bonchev–Trinajstić information content (AvgIpc) is 3.15. The Bertz CT molecular complexity index is 708. The molecule has 0 spiro atoms. The van der Waals surface area contributed by atoms with E-state index < -0.39 is 12.0 Å². The van der Waals surface area contributed by atoms with Crippen LogP contribution in [-0.4, -0.2) is 44.6 Å². The summed E-state index contributed by atoms with van der Waals surface area (Å²) in [6, 6.07) is 5.99. The third kappa shape index (κ3) is 2.57. The van der Waals surface area contributed by atoms with Crippen molar-refractivity contribution in [2.45, 2.75) is 25.8 Å². The highest BCUT2D eigenvalue weighted by atomic mass is 16.5. The largest absolute Gasteiger partial charge is 0.480 e. The zero-order valence-corrected chi connectivity index (χ0v) is 12.0. The molecule has 1 unspecified atom stereocenters. The molecule has 3 rings (SSSR count). The van der Waals surface area contributed by atoms with Crippen molar-refractivity contribution in [3.63, 3.8) is 0 Å². The second-order valence-corrected chi connectivity index (χ2v) is 5.22. The molecule has 2 aromatic rings. The van der Waals surface area contributed by atoms with Gasteiger partial charge in [0.05, 0.1) is 0 Å². The number of carboxylic acid groups (broad SMARTS) is 1. The number of aromatic nitrogens is 2. The molecule has 7 heteroatoms. The second kappa shape index (κ2) is 5.59. The summed E-state index contributed by atoms with van der Waals surface area (Å²) in [5.74, 6) is -0.292. The minimum Gasteiger partial charge on any atom is -0.480 e. The van der Waals surface area contributed by atoms with E-state index in [1.54, 1.807) is 31.2 Å². The molecule has 1 aromatic heterocycles. The Morgan fingerprint density at radius 1 is 1.32 bits per heavy atom. The van der Waals surface area contributed by atoms with E-state index in [0.717, 1.165) is 0 Å². The summed E-state index contributed by atoms with van der Waals surface area (Å²) < 4.78 is 5.06. The van der Waals surface area contributed by atoms with Crippen molar-refractivity contribution >= 4 is 11.9 Å². The molecule has 1 N–H and O–H groups in total. The van der Waals surface area contributed by atoms with E-state index in [1.807, 2.05) is 0 Å². The van der Waals surface area contributed by atoms with Crippen LogP contribution < -0.4 is 0 Å². The van der Waals surface area contributed by atoms with Crippen LogP contribution in [0.2, 0.25) is 0 Å².